The highest BCUT2D eigenvalue weighted by molar-refractivity contribution is 7.00. The van der Waals surface area contributed by atoms with Gasteiger partial charge in [0.2, 0.25) is 0 Å². The molecule has 4 heterocycles. The Kier molecular flexibility index (Phi) is 14.2. The van der Waals surface area contributed by atoms with Crippen molar-refractivity contribution < 1.29 is 17.8 Å². The molecule has 2 aliphatic heterocycles. The molecule has 2 aromatic heterocycles. The summed E-state index contributed by atoms with van der Waals surface area (Å²) in [5.41, 5.74) is 23.1. The van der Waals surface area contributed by atoms with Gasteiger partial charge in [-0.25, -0.2) is 0 Å². The molecule has 0 bridgehead atoms. The number of benzene rings is 17. The number of rotatable bonds is 12. The van der Waals surface area contributed by atoms with Crippen molar-refractivity contribution in [2.75, 3.05) is 9.80 Å². The van der Waals surface area contributed by atoms with Crippen LogP contribution in [0.5, 0.6) is 0 Å². The summed E-state index contributed by atoms with van der Waals surface area (Å²) in [6.07, 6.45) is 0. The van der Waals surface area contributed by atoms with Gasteiger partial charge in [-0.05, 0) is 213 Å². The van der Waals surface area contributed by atoms with E-state index in [1.165, 1.54) is 0 Å². The number of fused-ring (bicyclic) bond motifs is 10. The third-order valence-corrected chi connectivity index (χ3v) is 24.1. The van der Waals surface area contributed by atoms with Crippen molar-refractivity contribution in [1.29, 1.82) is 0 Å². The Balaban J connectivity index is 0.965. The molecule has 5 heteroatoms. The molecule has 0 spiro atoms. The van der Waals surface area contributed by atoms with Gasteiger partial charge in [0, 0.05) is 77.9 Å². The molecule has 0 fully saturated rings. The van der Waals surface area contributed by atoms with E-state index in [4.69, 9.17) is 0 Å². The Morgan fingerprint density at radius 2 is 0.546 bits per heavy atom. The van der Waals surface area contributed by atoms with Crippen molar-refractivity contribution in [2.45, 2.75) is 78.6 Å². The molecule has 119 heavy (non-hydrogen) atoms. The van der Waals surface area contributed by atoms with Crippen molar-refractivity contribution in [2.24, 2.45) is 0 Å². The van der Waals surface area contributed by atoms with Crippen LogP contribution in [0.4, 0.5) is 34.1 Å². The molecule has 0 saturated carbocycles. The van der Waals surface area contributed by atoms with E-state index in [0.717, 1.165) is 123 Å². The maximum absolute atomic E-state index is 10.5. The Morgan fingerprint density at radius 1 is 0.244 bits per heavy atom. The molecule has 19 aromatic rings. The summed E-state index contributed by atoms with van der Waals surface area (Å²) in [6, 6.07) is 102. The fraction of sp³-hybridized carbons (Fsp3) is 0.105. The summed E-state index contributed by atoms with van der Waals surface area (Å²) in [5.74, 6) is 0. The lowest BCUT2D eigenvalue weighted by Crippen LogP contribution is -2.61. The normalized spacial score (nSPS) is 14.2. The number of para-hydroxylation sites is 2. The minimum atomic E-state index is -0.736. The fourth-order valence-corrected chi connectivity index (χ4v) is 18.0. The largest absolute Gasteiger partial charge is 0.310 e. The lowest BCUT2D eigenvalue weighted by atomic mass is 9.33. The molecule has 2 aliphatic rings. The first-order valence-electron chi connectivity index (χ1n) is 47.4. The number of aromatic nitrogens is 2. The minimum Gasteiger partial charge on any atom is -0.310 e. The van der Waals surface area contributed by atoms with Crippen LogP contribution >= 0.6 is 0 Å². The Morgan fingerprint density at radius 3 is 0.933 bits per heavy atom. The van der Waals surface area contributed by atoms with Gasteiger partial charge >= 0.3 is 0 Å². The van der Waals surface area contributed by atoms with E-state index in [1.807, 2.05) is 84.9 Å². The summed E-state index contributed by atoms with van der Waals surface area (Å²) in [5, 5.41) is 0.449. The van der Waals surface area contributed by atoms with Gasteiger partial charge in [0.15, 0.2) is 0 Å². The van der Waals surface area contributed by atoms with E-state index in [0.29, 0.717) is 39.4 Å². The fourth-order valence-electron chi connectivity index (χ4n) is 18.0. The molecule has 0 saturated heterocycles. The van der Waals surface area contributed by atoms with E-state index in [1.54, 1.807) is 27.3 Å². The van der Waals surface area contributed by atoms with Crippen molar-refractivity contribution in [1.82, 2.24) is 9.13 Å². The molecule has 0 unspecified atom stereocenters. The summed E-state index contributed by atoms with van der Waals surface area (Å²) in [7, 11) is 0. The zero-order chi connectivity index (χ0) is 91.9. The monoisotopic (exact) mass is 1540 g/mol. The number of nitrogens with zero attached hydrogens (tertiary/aromatic N) is 4. The molecule has 0 atom stereocenters. The second-order valence-electron chi connectivity index (χ2n) is 34.6. The second kappa shape index (κ2) is 28.4. The van der Waals surface area contributed by atoms with Crippen LogP contribution in [0.25, 0.3) is 144 Å². The molecule has 17 aromatic carbocycles. The van der Waals surface area contributed by atoms with Crippen LogP contribution in [0.2, 0.25) is 0 Å². The Hall–Kier alpha value is -14.0. The predicted molar refractivity (Wildman–Crippen MR) is 509 cm³/mol. The van der Waals surface area contributed by atoms with E-state index in [2.05, 4.69) is 278 Å². The summed E-state index contributed by atoms with van der Waals surface area (Å²) < 4.78 is 133. The van der Waals surface area contributed by atoms with Gasteiger partial charge < -0.3 is 18.9 Å². The van der Waals surface area contributed by atoms with Crippen molar-refractivity contribution in [3.8, 4) is 100 Å². The first kappa shape index (κ1) is 59.6. The van der Waals surface area contributed by atoms with E-state index < -0.39 is 53.2 Å². The highest BCUT2D eigenvalue weighted by Crippen LogP contribution is 2.56. The number of hydrogen-bond acceptors (Lipinski definition) is 2. The van der Waals surface area contributed by atoms with Crippen LogP contribution in [0.1, 0.15) is 96.8 Å². The highest BCUT2D eigenvalue weighted by atomic mass is 15.2. The van der Waals surface area contributed by atoms with Crippen LogP contribution < -0.4 is 26.2 Å². The summed E-state index contributed by atoms with van der Waals surface area (Å²) in [4.78, 5) is 4.86. The third kappa shape index (κ3) is 12.5. The van der Waals surface area contributed by atoms with Gasteiger partial charge in [-0.3, -0.25) is 0 Å². The van der Waals surface area contributed by atoms with Crippen LogP contribution in [0.15, 0.2) is 388 Å². The lowest BCUT2D eigenvalue weighted by Gasteiger charge is -2.47. The summed E-state index contributed by atoms with van der Waals surface area (Å²) in [6.45, 7) is 19.4. The van der Waals surface area contributed by atoms with Gasteiger partial charge in [-0.1, -0.05) is 353 Å². The Bertz CT molecular complexity index is 7840. The van der Waals surface area contributed by atoms with E-state index >= 15 is 0 Å². The topological polar surface area (TPSA) is 16.3 Å². The minimum absolute atomic E-state index is 0.000615. The zero-order valence-corrected chi connectivity index (χ0v) is 67.8. The predicted octanol–water partition coefficient (Wildman–Crippen LogP) is 29.2. The summed E-state index contributed by atoms with van der Waals surface area (Å²) >= 11 is 0. The molecule has 570 valence electrons. The average molecular weight is 1540 g/mol. The van der Waals surface area contributed by atoms with Gasteiger partial charge in [-0.2, -0.15) is 0 Å². The van der Waals surface area contributed by atoms with Crippen molar-refractivity contribution >= 4 is 101 Å². The smallest absolute Gasteiger partial charge is 0.252 e. The zero-order valence-electron chi connectivity index (χ0n) is 80.8. The van der Waals surface area contributed by atoms with Crippen molar-refractivity contribution in [3.63, 3.8) is 0 Å². The van der Waals surface area contributed by atoms with Crippen LogP contribution in [-0.2, 0) is 16.2 Å². The van der Waals surface area contributed by atoms with E-state index in [-0.39, 0.29) is 97.5 Å². The number of anilines is 6. The van der Waals surface area contributed by atoms with Crippen molar-refractivity contribution in [3.05, 3.63) is 405 Å². The molecular weight excluding hydrogens is 1440 g/mol. The van der Waals surface area contributed by atoms with Crippen LogP contribution in [0.3, 0.4) is 0 Å². The molecule has 21 rings (SSSR count). The maximum atomic E-state index is 10.5. The third-order valence-electron chi connectivity index (χ3n) is 24.1. The highest BCUT2D eigenvalue weighted by Gasteiger charge is 2.47. The molecule has 0 amide bonds. The maximum Gasteiger partial charge on any atom is 0.252 e. The van der Waals surface area contributed by atoms with Gasteiger partial charge in [-0.15, -0.1) is 0 Å². The van der Waals surface area contributed by atoms with Gasteiger partial charge in [0.05, 0.1) is 51.3 Å². The first-order valence-corrected chi connectivity index (χ1v) is 40.9. The molecule has 0 aliphatic carbocycles. The molecular formula is C114H91BN4. The average Bonchev–Trinajstić information content (AvgIpc) is 1.08. The second-order valence-corrected chi connectivity index (χ2v) is 34.6. The number of hydrogen-bond donors (Lipinski definition) is 0. The van der Waals surface area contributed by atoms with Gasteiger partial charge in [0.25, 0.3) is 6.71 Å². The SMILES string of the molecule is [2H]c1c([2H])c([2H])c2c(c1[2H])c1c([2H])c(-c3ccccc3)cc([2H])c1n2-c1ccc2c(c1)N(c1c(-c3ccccc3)cc(C(C)(C)C)cc1-c1ccccc1)c1cc(C(C)(C)C)cc3c1B2c1ccc(-n2c4c([2H])c([2H])c([2H])c([2H])c4c4c([2H])c(-c5ccccc5)c([2H])c([2H])c42)cc1N3c1c(-c2ccc(-c3ccccc3)cc2)cc(C(C)(C)C)cc1-c1ccc(-c2ccccc2)cc1. The quantitative estimate of drug-likeness (QED) is 0.113. The van der Waals surface area contributed by atoms with Crippen LogP contribution in [-0.4, -0.2) is 15.8 Å². The molecule has 0 radical (unpaired) electrons. The lowest BCUT2D eigenvalue weighted by molar-refractivity contribution is 0.590. The van der Waals surface area contributed by atoms with Gasteiger partial charge in [0.1, 0.15) is 0 Å². The van der Waals surface area contributed by atoms with Crippen LogP contribution in [0, 0.1) is 0 Å². The molecule has 0 N–H and O–H groups in total. The standard InChI is InChI=1S/C114H91BN4/c1-112(2,3)86-66-93(80-40-24-14-25-41-80)110(94(67-86)81-42-26-15-27-43-81)118-105-72-89(116-101-46-30-28-44-91(101)97-64-84(56-62-103(97)116)76-36-20-12-21-37-76)58-60-99(105)115-100-61-59-90(117-102-47-31-29-45-92(102)98-65-85(57-63-104(98)117)77-38-22-13-23-39-77)73-106(100)119(108-71-88(114(7,8)9)70-107(118)109(108)115)111-95(82-52-48-78(49-53-82)74-32-16-10-17-33-74)68-87(113(4,5)6)69-96(111)83-54-50-79(51-55-83)75-34-18-11-19-35-75/h10-73H,1-9H3/i28D,29D,30D,31D,44D,45D,46D,47D,57D,62D,63D,64D,65D. The van der Waals surface area contributed by atoms with E-state index in [9.17, 15) is 17.8 Å². The Labute approximate surface area is 717 Å². The molecule has 4 nitrogen and oxygen atoms in total. The first-order chi connectivity index (χ1) is 63.4.